The zero-order valence-electron chi connectivity index (χ0n) is 9.40. The molecule has 1 saturated carbocycles. The van der Waals surface area contributed by atoms with Crippen LogP contribution < -0.4 is 5.32 Å². The molecule has 1 aromatic rings. The van der Waals surface area contributed by atoms with E-state index in [1.165, 1.54) is 0 Å². The third-order valence-electron chi connectivity index (χ3n) is 3.07. The molecule has 0 aliphatic heterocycles. The van der Waals surface area contributed by atoms with E-state index in [2.05, 4.69) is 5.32 Å². The van der Waals surface area contributed by atoms with Gasteiger partial charge in [-0.2, -0.15) is 0 Å². The van der Waals surface area contributed by atoms with Crippen molar-refractivity contribution in [2.45, 2.75) is 37.6 Å². The van der Waals surface area contributed by atoms with E-state index in [4.69, 9.17) is 0 Å². The van der Waals surface area contributed by atoms with E-state index >= 15 is 0 Å². The Morgan fingerprint density at radius 2 is 1.71 bits per heavy atom. The van der Waals surface area contributed by atoms with Gasteiger partial charge in [0, 0.05) is 5.56 Å². The van der Waals surface area contributed by atoms with Gasteiger partial charge in [0.05, 0.1) is 6.04 Å². The molecule has 2 rings (SSSR count). The molecule has 0 radical (unpaired) electrons. The highest BCUT2D eigenvalue weighted by molar-refractivity contribution is 5.94. The van der Waals surface area contributed by atoms with E-state index < -0.39 is 24.3 Å². The minimum absolute atomic E-state index is 0.320. The Hall–Kier alpha value is -1.45. The molecule has 0 bridgehead atoms. The van der Waals surface area contributed by atoms with Crippen LogP contribution in [0.25, 0.3) is 0 Å². The summed E-state index contributed by atoms with van der Waals surface area (Å²) in [5.74, 6) is -0.414. The SMILES string of the molecule is O=C(NC1C(F)CCCC1F)c1ccccc1. The van der Waals surface area contributed by atoms with Crippen LogP contribution in [-0.2, 0) is 0 Å². The van der Waals surface area contributed by atoms with E-state index in [1.807, 2.05) is 0 Å². The summed E-state index contributed by atoms with van der Waals surface area (Å²) >= 11 is 0. The van der Waals surface area contributed by atoms with Crippen molar-refractivity contribution in [2.75, 3.05) is 0 Å². The molecule has 0 saturated heterocycles. The summed E-state index contributed by atoms with van der Waals surface area (Å²) < 4.78 is 27.0. The molecule has 2 unspecified atom stereocenters. The van der Waals surface area contributed by atoms with Crippen LogP contribution >= 0.6 is 0 Å². The van der Waals surface area contributed by atoms with Crippen molar-refractivity contribution in [3.05, 3.63) is 35.9 Å². The Labute approximate surface area is 99.0 Å². The molecular weight excluding hydrogens is 224 g/mol. The summed E-state index contributed by atoms with van der Waals surface area (Å²) in [6.07, 6.45) is -1.39. The van der Waals surface area contributed by atoms with Gasteiger partial charge in [0.15, 0.2) is 0 Å². The van der Waals surface area contributed by atoms with Crippen molar-refractivity contribution >= 4 is 5.91 Å². The maximum atomic E-state index is 13.5. The number of halogens is 2. The Balaban J connectivity index is 2.03. The number of rotatable bonds is 2. The third-order valence-corrected chi connectivity index (χ3v) is 3.07. The highest BCUT2D eigenvalue weighted by atomic mass is 19.1. The maximum Gasteiger partial charge on any atom is 0.251 e. The van der Waals surface area contributed by atoms with Crippen molar-refractivity contribution in [3.8, 4) is 0 Å². The Morgan fingerprint density at radius 3 is 2.29 bits per heavy atom. The molecule has 1 amide bonds. The Morgan fingerprint density at radius 1 is 1.12 bits per heavy atom. The zero-order chi connectivity index (χ0) is 12.3. The van der Waals surface area contributed by atoms with Crippen molar-refractivity contribution in [1.82, 2.24) is 5.32 Å². The molecule has 17 heavy (non-hydrogen) atoms. The molecule has 0 heterocycles. The molecule has 1 aromatic carbocycles. The van der Waals surface area contributed by atoms with Crippen LogP contribution in [0.2, 0.25) is 0 Å². The number of carbonyl (C=O) groups excluding carboxylic acids is 1. The van der Waals surface area contributed by atoms with E-state index in [1.54, 1.807) is 30.3 Å². The average molecular weight is 239 g/mol. The van der Waals surface area contributed by atoms with Gasteiger partial charge in [-0.15, -0.1) is 0 Å². The summed E-state index contributed by atoms with van der Waals surface area (Å²) in [5, 5.41) is 2.45. The van der Waals surface area contributed by atoms with E-state index in [0.717, 1.165) is 0 Å². The lowest BCUT2D eigenvalue weighted by molar-refractivity contribution is 0.0741. The largest absolute Gasteiger partial charge is 0.343 e. The fourth-order valence-corrected chi connectivity index (χ4v) is 2.10. The molecule has 2 nitrogen and oxygen atoms in total. The quantitative estimate of drug-likeness (QED) is 0.844. The van der Waals surface area contributed by atoms with Gasteiger partial charge >= 0.3 is 0 Å². The van der Waals surface area contributed by atoms with Gasteiger partial charge in [-0.25, -0.2) is 8.78 Å². The van der Waals surface area contributed by atoms with E-state index in [0.29, 0.717) is 24.8 Å². The molecule has 2 atom stereocenters. The van der Waals surface area contributed by atoms with Crippen LogP contribution in [0, 0.1) is 0 Å². The standard InChI is InChI=1S/C13H15F2NO/c14-10-7-4-8-11(15)12(10)16-13(17)9-5-2-1-3-6-9/h1-3,5-6,10-12H,4,7-8H2,(H,16,17). The fourth-order valence-electron chi connectivity index (χ4n) is 2.10. The third kappa shape index (κ3) is 2.81. The van der Waals surface area contributed by atoms with E-state index in [9.17, 15) is 13.6 Å². The molecular formula is C13H15F2NO. The summed E-state index contributed by atoms with van der Waals surface area (Å²) in [5.41, 5.74) is 0.428. The molecule has 0 aromatic heterocycles. The molecule has 1 aliphatic carbocycles. The highest BCUT2D eigenvalue weighted by Gasteiger charge is 2.34. The lowest BCUT2D eigenvalue weighted by Crippen LogP contribution is -2.49. The molecule has 1 aliphatic rings. The molecule has 0 spiro atoms. The lowest BCUT2D eigenvalue weighted by Gasteiger charge is -2.30. The molecule has 1 fully saturated rings. The lowest BCUT2D eigenvalue weighted by atomic mass is 9.91. The zero-order valence-corrected chi connectivity index (χ0v) is 9.40. The second-order valence-corrected chi connectivity index (χ2v) is 4.33. The van der Waals surface area contributed by atoms with Crippen molar-refractivity contribution in [1.29, 1.82) is 0 Å². The highest BCUT2D eigenvalue weighted by Crippen LogP contribution is 2.24. The monoisotopic (exact) mass is 239 g/mol. The van der Waals surface area contributed by atoms with Crippen LogP contribution in [0.1, 0.15) is 29.6 Å². The van der Waals surface area contributed by atoms with Crippen molar-refractivity contribution < 1.29 is 13.6 Å². The van der Waals surface area contributed by atoms with Gasteiger partial charge in [0.25, 0.3) is 5.91 Å². The van der Waals surface area contributed by atoms with E-state index in [-0.39, 0.29) is 0 Å². The van der Waals surface area contributed by atoms with Gasteiger partial charge < -0.3 is 5.32 Å². The number of carbonyl (C=O) groups is 1. The number of amides is 1. The fraction of sp³-hybridized carbons (Fsp3) is 0.462. The molecule has 4 heteroatoms. The smallest absolute Gasteiger partial charge is 0.251 e. The number of nitrogens with one attached hydrogen (secondary N) is 1. The normalized spacial score (nSPS) is 28.7. The number of benzene rings is 1. The van der Waals surface area contributed by atoms with Gasteiger partial charge in [-0.3, -0.25) is 4.79 Å². The number of hydrogen-bond acceptors (Lipinski definition) is 1. The first-order chi connectivity index (χ1) is 8.18. The maximum absolute atomic E-state index is 13.5. The van der Waals surface area contributed by atoms with Crippen LogP contribution in [0.15, 0.2) is 30.3 Å². The van der Waals surface area contributed by atoms with Crippen LogP contribution in [0.3, 0.4) is 0 Å². The Kier molecular flexibility index (Phi) is 3.71. The number of hydrogen-bond donors (Lipinski definition) is 1. The van der Waals surface area contributed by atoms with Crippen LogP contribution in [0.5, 0.6) is 0 Å². The molecule has 1 N–H and O–H groups in total. The predicted molar refractivity (Wildman–Crippen MR) is 61.3 cm³/mol. The minimum atomic E-state index is -1.29. The Bertz CT molecular complexity index is 372. The first-order valence-corrected chi connectivity index (χ1v) is 5.82. The summed E-state index contributed by atoms with van der Waals surface area (Å²) in [6, 6.07) is 7.46. The van der Waals surface area contributed by atoms with Crippen LogP contribution in [-0.4, -0.2) is 24.3 Å². The summed E-state index contributed by atoms with van der Waals surface area (Å²) in [7, 11) is 0. The van der Waals surface area contributed by atoms with Gasteiger partial charge in [-0.1, -0.05) is 18.2 Å². The van der Waals surface area contributed by atoms with Crippen molar-refractivity contribution in [2.24, 2.45) is 0 Å². The average Bonchev–Trinajstić information content (AvgIpc) is 2.35. The second kappa shape index (κ2) is 5.25. The summed E-state index contributed by atoms with van der Waals surface area (Å²) in [6.45, 7) is 0. The minimum Gasteiger partial charge on any atom is -0.343 e. The van der Waals surface area contributed by atoms with Crippen LogP contribution in [0.4, 0.5) is 8.78 Å². The van der Waals surface area contributed by atoms with Gasteiger partial charge in [0.1, 0.15) is 12.3 Å². The van der Waals surface area contributed by atoms with Gasteiger partial charge in [-0.05, 0) is 31.4 Å². The first-order valence-electron chi connectivity index (χ1n) is 5.82. The number of alkyl halides is 2. The summed E-state index contributed by atoms with van der Waals surface area (Å²) in [4.78, 5) is 11.8. The van der Waals surface area contributed by atoms with Gasteiger partial charge in [0.2, 0.25) is 0 Å². The predicted octanol–water partition coefficient (Wildman–Crippen LogP) is 2.65. The second-order valence-electron chi connectivity index (χ2n) is 4.33. The topological polar surface area (TPSA) is 29.1 Å². The van der Waals surface area contributed by atoms with Crippen molar-refractivity contribution in [3.63, 3.8) is 0 Å². The first kappa shape index (κ1) is 12.0. The molecule has 92 valence electrons.